The number of amides is 1. The molecule has 0 saturated carbocycles. The highest BCUT2D eigenvalue weighted by Gasteiger charge is 2.29. The van der Waals surface area contributed by atoms with Crippen LogP contribution in [0.3, 0.4) is 0 Å². The number of ketones is 2. The van der Waals surface area contributed by atoms with Gasteiger partial charge in [-0.1, -0.05) is 72.8 Å². The van der Waals surface area contributed by atoms with Gasteiger partial charge in [0.15, 0.2) is 24.8 Å². The summed E-state index contributed by atoms with van der Waals surface area (Å²) in [5, 5.41) is 2.59. The zero-order chi connectivity index (χ0) is 25.8. The minimum absolute atomic E-state index is 0.212. The predicted octanol–water partition coefficient (Wildman–Crippen LogP) is 4.69. The van der Waals surface area contributed by atoms with E-state index in [1.165, 1.54) is 18.2 Å². The van der Waals surface area contributed by atoms with E-state index in [-0.39, 0.29) is 29.3 Å². The first-order chi connectivity index (χ1) is 18.0. The van der Waals surface area contributed by atoms with Gasteiger partial charge in [-0.3, -0.25) is 14.4 Å². The molecule has 182 valence electrons. The summed E-state index contributed by atoms with van der Waals surface area (Å²) in [6.07, 6.45) is 0. The molecule has 1 N–H and O–H groups in total. The van der Waals surface area contributed by atoms with E-state index in [9.17, 15) is 19.2 Å². The van der Waals surface area contributed by atoms with E-state index in [2.05, 4.69) is 5.32 Å². The molecule has 0 spiro atoms. The number of benzene rings is 4. The van der Waals surface area contributed by atoms with Crippen LogP contribution in [0.15, 0.2) is 97.1 Å². The number of fused-ring (bicyclic) bond motifs is 2. The van der Waals surface area contributed by atoms with Crippen molar-refractivity contribution < 1.29 is 28.7 Å². The van der Waals surface area contributed by atoms with Gasteiger partial charge >= 0.3 is 5.97 Å². The highest BCUT2D eigenvalue weighted by Crippen LogP contribution is 2.30. The lowest BCUT2D eigenvalue weighted by Crippen LogP contribution is -2.24. The zero-order valence-electron chi connectivity index (χ0n) is 19.6. The van der Waals surface area contributed by atoms with Gasteiger partial charge in [-0.15, -0.1) is 0 Å². The molecule has 0 heterocycles. The average molecular weight is 491 g/mol. The Bertz CT molecular complexity index is 1530. The number of esters is 1. The Morgan fingerprint density at radius 1 is 0.622 bits per heavy atom. The summed E-state index contributed by atoms with van der Waals surface area (Å²) in [5.74, 6) is -1.31. The fraction of sp³-hybridized carbons (Fsp3) is 0.0667. The lowest BCUT2D eigenvalue weighted by atomic mass is 9.84. The van der Waals surface area contributed by atoms with Crippen molar-refractivity contribution in [2.24, 2.45) is 0 Å². The van der Waals surface area contributed by atoms with Crippen molar-refractivity contribution in [2.75, 3.05) is 18.5 Å². The number of carbonyl (C=O) groups is 4. The minimum atomic E-state index is -0.708. The van der Waals surface area contributed by atoms with Crippen LogP contribution in [-0.2, 0) is 14.3 Å². The number of hydrogen-bond acceptors (Lipinski definition) is 6. The third kappa shape index (κ3) is 5.01. The zero-order valence-corrected chi connectivity index (χ0v) is 19.6. The first kappa shape index (κ1) is 23.7. The van der Waals surface area contributed by atoms with Gasteiger partial charge < -0.3 is 14.8 Å². The van der Waals surface area contributed by atoms with Gasteiger partial charge in [0.2, 0.25) is 0 Å². The van der Waals surface area contributed by atoms with E-state index in [0.29, 0.717) is 22.6 Å². The van der Waals surface area contributed by atoms with Gasteiger partial charge in [0.1, 0.15) is 5.75 Å². The van der Waals surface area contributed by atoms with Crippen LogP contribution in [0.25, 0.3) is 11.1 Å². The molecule has 0 saturated heterocycles. The molecule has 0 bridgehead atoms. The molecule has 4 aromatic carbocycles. The van der Waals surface area contributed by atoms with E-state index in [1.54, 1.807) is 36.4 Å². The van der Waals surface area contributed by atoms with E-state index in [1.807, 2.05) is 42.5 Å². The van der Waals surface area contributed by atoms with Crippen molar-refractivity contribution in [2.45, 2.75) is 0 Å². The number of para-hydroxylation sites is 1. The van der Waals surface area contributed by atoms with Crippen molar-refractivity contribution in [3.8, 4) is 16.9 Å². The smallest absolute Gasteiger partial charge is 0.344 e. The quantitative estimate of drug-likeness (QED) is 0.332. The summed E-state index contributed by atoms with van der Waals surface area (Å²) in [6, 6.07) is 28.0. The van der Waals surface area contributed by atoms with Crippen molar-refractivity contribution in [1.82, 2.24) is 0 Å². The number of carbonyl (C=O) groups excluding carboxylic acids is 4. The number of ether oxygens (including phenoxy) is 2. The molecular weight excluding hydrogens is 470 g/mol. The van der Waals surface area contributed by atoms with E-state index in [4.69, 9.17) is 9.47 Å². The molecular formula is C30H21NO6. The molecule has 0 radical (unpaired) electrons. The summed E-state index contributed by atoms with van der Waals surface area (Å²) in [5.41, 5.74) is 3.26. The molecule has 1 aliphatic carbocycles. The minimum Gasteiger partial charge on any atom is -0.481 e. The molecule has 5 rings (SSSR count). The van der Waals surface area contributed by atoms with Gasteiger partial charge in [0, 0.05) is 33.5 Å². The van der Waals surface area contributed by atoms with Crippen LogP contribution in [0.2, 0.25) is 0 Å². The normalized spacial score (nSPS) is 11.8. The second kappa shape index (κ2) is 10.3. The Morgan fingerprint density at radius 2 is 1.22 bits per heavy atom. The summed E-state index contributed by atoms with van der Waals surface area (Å²) >= 11 is 0. The maximum Gasteiger partial charge on any atom is 0.344 e. The van der Waals surface area contributed by atoms with E-state index < -0.39 is 18.5 Å². The third-order valence-electron chi connectivity index (χ3n) is 5.89. The number of hydrogen-bond donors (Lipinski definition) is 1. The van der Waals surface area contributed by atoms with Gasteiger partial charge in [-0.25, -0.2) is 4.79 Å². The first-order valence-electron chi connectivity index (χ1n) is 11.6. The molecule has 4 aromatic rings. The molecule has 0 aliphatic heterocycles. The van der Waals surface area contributed by atoms with Crippen LogP contribution >= 0.6 is 0 Å². The monoisotopic (exact) mass is 491 g/mol. The molecule has 0 unspecified atom stereocenters. The Hall–Kier alpha value is -5.04. The van der Waals surface area contributed by atoms with Gasteiger partial charge in [0.05, 0.1) is 0 Å². The molecule has 37 heavy (non-hydrogen) atoms. The number of nitrogens with one attached hydrogen (secondary N) is 1. The second-order valence-corrected chi connectivity index (χ2v) is 8.32. The third-order valence-corrected chi connectivity index (χ3v) is 5.89. The largest absolute Gasteiger partial charge is 0.481 e. The maximum atomic E-state index is 12.9. The van der Waals surface area contributed by atoms with Crippen molar-refractivity contribution in [1.29, 1.82) is 0 Å². The fourth-order valence-corrected chi connectivity index (χ4v) is 4.15. The highest BCUT2D eigenvalue weighted by molar-refractivity contribution is 6.28. The molecule has 7 heteroatoms. The van der Waals surface area contributed by atoms with Crippen LogP contribution in [0.1, 0.15) is 31.8 Å². The van der Waals surface area contributed by atoms with E-state index in [0.717, 1.165) is 11.1 Å². The van der Waals surface area contributed by atoms with Crippen LogP contribution in [0, 0.1) is 0 Å². The fourth-order valence-electron chi connectivity index (χ4n) is 4.15. The molecule has 0 fully saturated rings. The van der Waals surface area contributed by atoms with Crippen LogP contribution in [-0.4, -0.2) is 36.7 Å². The van der Waals surface area contributed by atoms with Crippen molar-refractivity contribution in [3.05, 3.63) is 119 Å². The number of rotatable bonds is 7. The Morgan fingerprint density at radius 3 is 1.95 bits per heavy atom. The van der Waals surface area contributed by atoms with Crippen molar-refractivity contribution in [3.63, 3.8) is 0 Å². The standard InChI is InChI=1S/C30H21NO6/c32-27(17-37-28(33)18-36-26-13-7-6-10-21(26)19-8-2-1-3-9-19)31-20-14-15-24-25(16-20)30(35)23-12-5-4-11-22(23)29(24)34/h1-16H,17-18H2,(H,31,32). The SMILES string of the molecule is O=C(COC(=O)COc1ccccc1-c1ccccc1)Nc1ccc2c(c1)C(=O)c1ccccc1C2=O. The Balaban J connectivity index is 1.17. The molecule has 1 amide bonds. The topological polar surface area (TPSA) is 98.8 Å². The highest BCUT2D eigenvalue weighted by atomic mass is 16.6. The lowest BCUT2D eigenvalue weighted by molar-refractivity contribution is -0.149. The molecule has 0 atom stereocenters. The summed E-state index contributed by atoms with van der Waals surface area (Å²) < 4.78 is 10.7. The second-order valence-electron chi connectivity index (χ2n) is 8.32. The molecule has 7 nitrogen and oxygen atoms in total. The maximum absolute atomic E-state index is 12.9. The molecule has 0 aromatic heterocycles. The summed E-state index contributed by atoms with van der Waals surface area (Å²) in [7, 11) is 0. The van der Waals surface area contributed by atoms with Gasteiger partial charge in [-0.2, -0.15) is 0 Å². The molecule has 1 aliphatic rings. The summed E-state index contributed by atoms with van der Waals surface area (Å²) in [4.78, 5) is 50.1. The average Bonchev–Trinajstić information content (AvgIpc) is 2.94. The van der Waals surface area contributed by atoms with Crippen LogP contribution < -0.4 is 10.1 Å². The lowest BCUT2D eigenvalue weighted by Gasteiger charge is -2.18. The first-order valence-corrected chi connectivity index (χ1v) is 11.6. The van der Waals surface area contributed by atoms with Crippen LogP contribution in [0.4, 0.5) is 5.69 Å². The van der Waals surface area contributed by atoms with Crippen LogP contribution in [0.5, 0.6) is 5.75 Å². The Kier molecular flexibility index (Phi) is 6.59. The predicted molar refractivity (Wildman–Crippen MR) is 137 cm³/mol. The van der Waals surface area contributed by atoms with E-state index >= 15 is 0 Å². The Labute approximate surface area is 212 Å². The number of anilines is 1. The van der Waals surface area contributed by atoms with Gasteiger partial charge in [0.25, 0.3) is 5.91 Å². The summed E-state index contributed by atoms with van der Waals surface area (Å²) in [6.45, 7) is -0.901. The van der Waals surface area contributed by atoms with Gasteiger partial charge in [-0.05, 0) is 29.8 Å². The van der Waals surface area contributed by atoms with Crippen molar-refractivity contribution >= 4 is 29.1 Å².